The van der Waals surface area contributed by atoms with Crippen LogP contribution in [0.25, 0.3) is 0 Å². The van der Waals surface area contributed by atoms with Gasteiger partial charge in [-0.2, -0.15) is 0 Å². The van der Waals surface area contributed by atoms with Gasteiger partial charge in [-0.3, -0.25) is 0 Å². The summed E-state index contributed by atoms with van der Waals surface area (Å²) in [5, 5.41) is 0. The molecule has 8 atom stereocenters. The van der Waals surface area contributed by atoms with Gasteiger partial charge < -0.3 is 4.74 Å². The van der Waals surface area contributed by atoms with E-state index in [9.17, 15) is 0 Å². The molecule has 0 bridgehead atoms. The lowest BCUT2D eigenvalue weighted by Gasteiger charge is -2.56. The summed E-state index contributed by atoms with van der Waals surface area (Å²) >= 11 is 0. The zero-order valence-corrected chi connectivity index (χ0v) is 16.4. The van der Waals surface area contributed by atoms with Crippen LogP contribution in [-0.2, 0) is 4.74 Å². The highest BCUT2D eigenvalue weighted by Crippen LogP contribution is 2.65. The Morgan fingerprint density at radius 3 is 2.58 bits per heavy atom. The highest BCUT2D eigenvalue weighted by Gasteiger charge is 2.56. The number of hydrogen-bond donors (Lipinski definition) is 0. The van der Waals surface area contributed by atoms with E-state index in [1.54, 1.807) is 38.5 Å². The molecule has 0 aromatic rings. The standard InChI is InChI=1S/C23H40O/c1-16-6-9-19-17(15-16)7-10-21-20(19)12-13-23(2)18(5-4-14-24-3)8-11-22(21)23/h16-22H,4-15H2,1-3H3. The van der Waals surface area contributed by atoms with Gasteiger partial charge >= 0.3 is 0 Å². The Hall–Kier alpha value is -0.0400. The molecule has 0 radical (unpaired) electrons. The first-order valence-electron chi connectivity index (χ1n) is 11.1. The Kier molecular flexibility index (Phi) is 5.02. The van der Waals surface area contributed by atoms with E-state index in [0.717, 1.165) is 48.0 Å². The zero-order valence-electron chi connectivity index (χ0n) is 16.4. The Morgan fingerprint density at radius 1 is 0.917 bits per heavy atom. The van der Waals surface area contributed by atoms with Crippen molar-refractivity contribution >= 4 is 0 Å². The van der Waals surface area contributed by atoms with Gasteiger partial charge in [-0.15, -0.1) is 0 Å². The minimum Gasteiger partial charge on any atom is -0.385 e. The molecule has 0 amide bonds. The van der Waals surface area contributed by atoms with Crippen molar-refractivity contribution in [3.63, 3.8) is 0 Å². The summed E-state index contributed by atoms with van der Waals surface area (Å²) in [5.74, 6) is 7.45. The van der Waals surface area contributed by atoms with E-state index in [1.807, 2.05) is 7.11 Å². The van der Waals surface area contributed by atoms with Crippen LogP contribution in [-0.4, -0.2) is 13.7 Å². The van der Waals surface area contributed by atoms with Gasteiger partial charge in [0.25, 0.3) is 0 Å². The quantitative estimate of drug-likeness (QED) is 0.547. The van der Waals surface area contributed by atoms with Gasteiger partial charge in [0.2, 0.25) is 0 Å². The molecule has 24 heavy (non-hydrogen) atoms. The molecule has 1 nitrogen and oxygen atoms in total. The number of ether oxygens (including phenoxy) is 1. The summed E-state index contributed by atoms with van der Waals surface area (Å²) < 4.78 is 5.32. The number of hydrogen-bond acceptors (Lipinski definition) is 1. The van der Waals surface area contributed by atoms with Crippen molar-refractivity contribution in [2.45, 2.75) is 84.5 Å². The van der Waals surface area contributed by atoms with Crippen LogP contribution in [0.15, 0.2) is 0 Å². The van der Waals surface area contributed by atoms with Crippen LogP contribution in [0, 0.1) is 46.8 Å². The van der Waals surface area contributed by atoms with Crippen molar-refractivity contribution in [3.05, 3.63) is 0 Å². The average molecular weight is 333 g/mol. The number of rotatable bonds is 4. The highest BCUT2D eigenvalue weighted by molar-refractivity contribution is 5.05. The molecule has 4 fully saturated rings. The molecule has 0 aromatic carbocycles. The molecule has 0 N–H and O–H groups in total. The summed E-state index contributed by atoms with van der Waals surface area (Å²) in [6, 6.07) is 0. The fourth-order valence-electron chi connectivity index (χ4n) is 8.14. The van der Waals surface area contributed by atoms with Crippen molar-refractivity contribution in [1.29, 1.82) is 0 Å². The van der Waals surface area contributed by atoms with Gasteiger partial charge in [0.1, 0.15) is 0 Å². The van der Waals surface area contributed by atoms with Crippen LogP contribution >= 0.6 is 0 Å². The Bertz CT molecular complexity index is 432. The van der Waals surface area contributed by atoms with Crippen LogP contribution in [0.5, 0.6) is 0 Å². The Labute approximate surface area is 150 Å². The fraction of sp³-hybridized carbons (Fsp3) is 1.00. The van der Waals surface area contributed by atoms with Gasteiger partial charge in [0.05, 0.1) is 0 Å². The Morgan fingerprint density at radius 2 is 1.75 bits per heavy atom. The van der Waals surface area contributed by atoms with Gasteiger partial charge in [0, 0.05) is 13.7 Å². The maximum absolute atomic E-state index is 5.32. The van der Waals surface area contributed by atoms with E-state index in [2.05, 4.69) is 13.8 Å². The Balaban J connectivity index is 1.45. The molecule has 138 valence electrons. The second-order valence-electron chi connectivity index (χ2n) is 10.3. The summed E-state index contributed by atoms with van der Waals surface area (Å²) in [7, 11) is 1.86. The monoisotopic (exact) mass is 332 g/mol. The van der Waals surface area contributed by atoms with Crippen LogP contribution in [0.2, 0.25) is 0 Å². The summed E-state index contributed by atoms with van der Waals surface area (Å²) in [5.41, 5.74) is 0.670. The maximum Gasteiger partial charge on any atom is 0.0462 e. The third-order valence-corrected chi connectivity index (χ3v) is 9.31. The van der Waals surface area contributed by atoms with E-state index in [0.29, 0.717) is 5.41 Å². The van der Waals surface area contributed by atoms with E-state index in [-0.39, 0.29) is 0 Å². The van der Waals surface area contributed by atoms with E-state index in [4.69, 9.17) is 4.74 Å². The predicted molar refractivity (Wildman–Crippen MR) is 101 cm³/mol. The molecule has 4 rings (SSSR count). The van der Waals surface area contributed by atoms with Crippen molar-refractivity contribution in [2.75, 3.05) is 13.7 Å². The molecular formula is C23H40O. The SMILES string of the molecule is COCCCC1CCC2C3CCC4CC(C)CCC4C3CCC12C. The first-order chi connectivity index (χ1) is 11.6. The van der Waals surface area contributed by atoms with Crippen LogP contribution in [0.4, 0.5) is 0 Å². The van der Waals surface area contributed by atoms with E-state index in [1.165, 1.54) is 32.1 Å². The zero-order chi connectivity index (χ0) is 16.7. The number of methoxy groups -OCH3 is 1. The number of fused-ring (bicyclic) bond motifs is 5. The summed E-state index contributed by atoms with van der Waals surface area (Å²) in [6.45, 7) is 6.15. The largest absolute Gasteiger partial charge is 0.385 e. The van der Waals surface area contributed by atoms with Crippen molar-refractivity contribution in [3.8, 4) is 0 Å². The molecule has 0 spiro atoms. The normalized spacial score (nSPS) is 50.9. The lowest BCUT2D eigenvalue weighted by Crippen LogP contribution is -2.48. The average Bonchev–Trinajstić information content (AvgIpc) is 2.91. The van der Waals surface area contributed by atoms with Crippen LogP contribution in [0.3, 0.4) is 0 Å². The second-order valence-corrected chi connectivity index (χ2v) is 10.3. The summed E-state index contributed by atoms with van der Waals surface area (Å²) in [6.07, 6.45) is 16.6. The van der Waals surface area contributed by atoms with Crippen molar-refractivity contribution in [2.24, 2.45) is 46.8 Å². The first-order valence-corrected chi connectivity index (χ1v) is 11.1. The minimum atomic E-state index is 0.670. The van der Waals surface area contributed by atoms with E-state index < -0.39 is 0 Å². The molecular weight excluding hydrogens is 292 g/mol. The molecule has 4 aliphatic rings. The molecule has 4 saturated carbocycles. The molecule has 8 unspecified atom stereocenters. The van der Waals surface area contributed by atoms with Crippen molar-refractivity contribution < 1.29 is 4.74 Å². The lowest BCUT2D eigenvalue weighted by atomic mass is 9.49. The fourth-order valence-corrected chi connectivity index (χ4v) is 8.14. The van der Waals surface area contributed by atoms with Gasteiger partial charge in [0.15, 0.2) is 0 Å². The molecule has 0 saturated heterocycles. The molecule has 0 aromatic heterocycles. The molecule has 1 heteroatoms. The van der Waals surface area contributed by atoms with Crippen LogP contribution in [0.1, 0.15) is 84.5 Å². The van der Waals surface area contributed by atoms with Crippen LogP contribution < -0.4 is 0 Å². The third kappa shape index (κ3) is 2.87. The van der Waals surface area contributed by atoms with Gasteiger partial charge in [-0.05, 0) is 111 Å². The highest BCUT2D eigenvalue weighted by atomic mass is 16.5. The maximum atomic E-state index is 5.32. The third-order valence-electron chi connectivity index (χ3n) is 9.31. The molecule has 4 aliphatic carbocycles. The van der Waals surface area contributed by atoms with Gasteiger partial charge in [-0.25, -0.2) is 0 Å². The predicted octanol–water partition coefficient (Wildman–Crippen LogP) is 6.32. The second kappa shape index (κ2) is 6.93. The first kappa shape index (κ1) is 17.4. The summed E-state index contributed by atoms with van der Waals surface area (Å²) in [4.78, 5) is 0. The molecule has 0 aliphatic heterocycles. The topological polar surface area (TPSA) is 9.23 Å². The van der Waals surface area contributed by atoms with Gasteiger partial charge in [-0.1, -0.05) is 20.3 Å². The minimum absolute atomic E-state index is 0.670. The lowest BCUT2D eigenvalue weighted by molar-refractivity contribution is -0.0683. The van der Waals surface area contributed by atoms with Crippen molar-refractivity contribution in [1.82, 2.24) is 0 Å². The smallest absolute Gasteiger partial charge is 0.0462 e. The van der Waals surface area contributed by atoms with E-state index >= 15 is 0 Å². The molecule has 0 heterocycles.